The predicted octanol–water partition coefficient (Wildman–Crippen LogP) is 3.54. The van der Waals surface area contributed by atoms with Crippen molar-refractivity contribution >= 4 is 10.8 Å². The molecule has 0 aliphatic rings. The van der Waals surface area contributed by atoms with Crippen molar-refractivity contribution in [2.24, 2.45) is 5.92 Å². The molecule has 2 atom stereocenters. The largest absolute Gasteiger partial charge is 0.376 e. The molecule has 2 unspecified atom stereocenters. The average molecular weight is 370 g/mol. The summed E-state index contributed by atoms with van der Waals surface area (Å²) in [7, 11) is 1.41. The number of fused-ring (bicyclic) bond motifs is 1. The Hall–Kier alpha value is -2.54. The predicted molar refractivity (Wildman–Crippen MR) is 104 cm³/mol. The number of aromatic nitrogens is 1. The van der Waals surface area contributed by atoms with Crippen molar-refractivity contribution in [1.82, 2.24) is 10.5 Å². The highest BCUT2D eigenvalue weighted by Gasteiger charge is 2.27. The summed E-state index contributed by atoms with van der Waals surface area (Å²) < 4.78 is 14.1. The number of hydrogen-bond acceptors (Lipinski definition) is 4. The van der Waals surface area contributed by atoms with Crippen LogP contribution in [0.3, 0.4) is 0 Å². The van der Waals surface area contributed by atoms with Gasteiger partial charge in [0.05, 0.1) is 7.11 Å². The molecule has 3 aromatic rings. The zero-order valence-electron chi connectivity index (χ0n) is 15.5. The fraction of sp³-hybridized carbons (Fsp3) is 0.286. The van der Waals surface area contributed by atoms with Gasteiger partial charge in [0.25, 0.3) is 5.56 Å². The highest BCUT2D eigenvalue weighted by molar-refractivity contribution is 5.87. The van der Waals surface area contributed by atoms with E-state index in [-0.39, 0.29) is 17.3 Å². The molecule has 5 nitrogen and oxygen atoms in total. The van der Waals surface area contributed by atoms with E-state index in [1.165, 1.54) is 13.2 Å². The lowest BCUT2D eigenvalue weighted by Gasteiger charge is -2.26. The Kier molecular flexibility index (Phi) is 5.70. The molecule has 3 N–H and O–H groups in total. The van der Waals surface area contributed by atoms with E-state index < -0.39 is 12.1 Å². The van der Waals surface area contributed by atoms with Crippen LogP contribution in [0.25, 0.3) is 22.0 Å². The zero-order chi connectivity index (χ0) is 19.6. The third kappa shape index (κ3) is 3.93. The molecule has 0 spiro atoms. The first-order chi connectivity index (χ1) is 12.9. The van der Waals surface area contributed by atoms with Crippen LogP contribution < -0.4 is 11.0 Å². The molecule has 0 aliphatic carbocycles. The minimum absolute atomic E-state index is 0.00404. The number of rotatable bonds is 6. The van der Waals surface area contributed by atoms with Crippen molar-refractivity contribution in [3.63, 3.8) is 0 Å². The molecule has 0 aliphatic heterocycles. The van der Waals surface area contributed by atoms with Gasteiger partial charge in [0, 0.05) is 22.6 Å². The molecule has 1 aromatic heterocycles. The Morgan fingerprint density at radius 1 is 1.15 bits per heavy atom. The van der Waals surface area contributed by atoms with E-state index >= 15 is 0 Å². The van der Waals surface area contributed by atoms with Crippen LogP contribution in [0.5, 0.6) is 0 Å². The van der Waals surface area contributed by atoms with Gasteiger partial charge in [0.2, 0.25) is 0 Å². The second-order valence-corrected chi connectivity index (χ2v) is 6.87. The number of aromatic amines is 1. The lowest BCUT2D eigenvalue weighted by molar-refractivity contribution is -0.0509. The normalized spacial score (nSPS) is 13.9. The molecule has 0 saturated carbocycles. The fourth-order valence-electron chi connectivity index (χ4n) is 3.41. The maximum atomic E-state index is 14.1. The van der Waals surface area contributed by atoms with Crippen LogP contribution in [-0.2, 0) is 4.84 Å². The van der Waals surface area contributed by atoms with Gasteiger partial charge < -0.3 is 14.9 Å². The van der Waals surface area contributed by atoms with Gasteiger partial charge in [-0.1, -0.05) is 44.2 Å². The van der Waals surface area contributed by atoms with Crippen molar-refractivity contribution in [3.05, 3.63) is 70.3 Å². The highest BCUT2D eigenvalue weighted by atomic mass is 19.1. The molecule has 0 saturated heterocycles. The summed E-state index contributed by atoms with van der Waals surface area (Å²) in [5, 5.41) is 11.6. The molecule has 0 bridgehead atoms. The van der Waals surface area contributed by atoms with E-state index in [0.717, 1.165) is 5.39 Å². The van der Waals surface area contributed by atoms with E-state index in [0.29, 0.717) is 22.2 Å². The number of nitrogens with one attached hydrogen (secondary N) is 2. The first-order valence-electron chi connectivity index (χ1n) is 8.81. The van der Waals surface area contributed by atoms with Crippen LogP contribution in [-0.4, -0.2) is 23.4 Å². The molecule has 0 fully saturated rings. The van der Waals surface area contributed by atoms with Gasteiger partial charge in [-0.3, -0.25) is 4.79 Å². The van der Waals surface area contributed by atoms with Crippen molar-refractivity contribution in [1.29, 1.82) is 0 Å². The molecule has 1 heterocycles. The van der Waals surface area contributed by atoms with Crippen LogP contribution in [0.15, 0.2) is 53.3 Å². The first-order valence-corrected chi connectivity index (χ1v) is 8.81. The minimum Gasteiger partial charge on any atom is -0.376 e. The van der Waals surface area contributed by atoms with Crippen LogP contribution in [0.2, 0.25) is 0 Å². The summed E-state index contributed by atoms with van der Waals surface area (Å²) in [5.41, 5.74) is 3.95. The van der Waals surface area contributed by atoms with Gasteiger partial charge in [-0.2, -0.15) is 5.48 Å². The lowest BCUT2D eigenvalue weighted by Crippen LogP contribution is -2.38. The highest BCUT2D eigenvalue weighted by Crippen LogP contribution is 2.28. The molecular formula is C21H23FN2O3. The van der Waals surface area contributed by atoms with Gasteiger partial charge >= 0.3 is 0 Å². The van der Waals surface area contributed by atoms with Gasteiger partial charge in [-0.05, 0) is 35.1 Å². The molecule has 0 amide bonds. The number of aliphatic hydroxyl groups is 1. The van der Waals surface area contributed by atoms with E-state index in [1.807, 2.05) is 32.0 Å². The van der Waals surface area contributed by atoms with E-state index in [4.69, 9.17) is 4.84 Å². The van der Waals surface area contributed by atoms with Gasteiger partial charge in [-0.15, -0.1) is 0 Å². The Labute approximate surface area is 156 Å². The van der Waals surface area contributed by atoms with Gasteiger partial charge in [0.1, 0.15) is 12.0 Å². The molecule has 3 rings (SSSR count). The molecule has 27 heavy (non-hydrogen) atoms. The SMILES string of the molecule is CONC(O)C(c1ccc(-c2ccc3cccc(F)c3c2)[nH]c1=O)C(C)C. The third-order valence-corrected chi connectivity index (χ3v) is 4.74. The number of pyridine rings is 1. The molecule has 6 heteroatoms. The summed E-state index contributed by atoms with van der Waals surface area (Å²) in [6.07, 6.45) is -1.02. The maximum Gasteiger partial charge on any atom is 0.252 e. The van der Waals surface area contributed by atoms with Crippen LogP contribution >= 0.6 is 0 Å². The molecular weight excluding hydrogens is 347 g/mol. The monoisotopic (exact) mass is 370 g/mol. The van der Waals surface area contributed by atoms with E-state index in [2.05, 4.69) is 10.5 Å². The van der Waals surface area contributed by atoms with Crippen LogP contribution in [0, 0.1) is 11.7 Å². The summed E-state index contributed by atoms with van der Waals surface area (Å²) in [4.78, 5) is 20.3. The Morgan fingerprint density at radius 2 is 1.93 bits per heavy atom. The van der Waals surface area contributed by atoms with Gasteiger partial charge in [-0.25, -0.2) is 4.39 Å². The molecule has 0 radical (unpaired) electrons. The Morgan fingerprint density at radius 3 is 2.59 bits per heavy atom. The first kappa shape index (κ1) is 19.2. The quantitative estimate of drug-likeness (QED) is 0.458. The van der Waals surface area contributed by atoms with Crippen molar-refractivity contribution in [2.45, 2.75) is 26.0 Å². The van der Waals surface area contributed by atoms with E-state index in [1.54, 1.807) is 24.3 Å². The zero-order valence-corrected chi connectivity index (χ0v) is 15.5. The molecule has 142 valence electrons. The number of benzene rings is 2. The fourth-order valence-corrected chi connectivity index (χ4v) is 3.41. The van der Waals surface area contributed by atoms with Gasteiger partial charge in [0.15, 0.2) is 0 Å². The van der Waals surface area contributed by atoms with Crippen molar-refractivity contribution in [2.75, 3.05) is 7.11 Å². The second kappa shape index (κ2) is 8.00. The summed E-state index contributed by atoms with van der Waals surface area (Å²) in [6, 6.07) is 13.8. The van der Waals surface area contributed by atoms with Crippen molar-refractivity contribution in [3.8, 4) is 11.3 Å². The summed E-state index contributed by atoms with van der Waals surface area (Å²) in [6.45, 7) is 3.84. The summed E-state index contributed by atoms with van der Waals surface area (Å²) >= 11 is 0. The van der Waals surface area contributed by atoms with Crippen LogP contribution in [0.1, 0.15) is 25.3 Å². The lowest BCUT2D eigenvalue weighted by atomic mass is 9.87. The second-order valence-electron chi connectivity index (χ2n) is 6.87. The van der Waals surface area contributed by atoms with E-state index in [9.17, 15) is 14.3 Å². The standard InChI is InChI=1S/C21H23FN2O3/c1-12(2)19(21(26)24-27-3)15-9-10-18(23-20(15)25)14-8-7-13-5-4-6-17(22)16(13)11-14/h4-12,19,21,24,26H,1-3H3,(H,23,25). The van der Waals surface area contributed by atoms with Crippen LogP contribution in [0.4, 0.5) is 4.39 Å². The smallest absolute Gasteiger partial charge is 0.252 e. The number of halogens is 1. The number of H-pyrrole nitrogens is 1. The number of hydroxylamine groups is 1. The van der Waals surface area contributed by atoms with Crippen molar-refractivity contribution < 1.29 is 14.3 Å². The minimum atomic E-state index is -1.02. The molecule has 2 aromatic carbocycles. The average Bonchev–Trinajstić information content (AvgIpc) is 2.63. The number of hydrogen-bond donors (Lipinski definition) is 3. The maximum absolute atomic E-state index is 14.1. The Bertz CT molecular complexity index is 1000. The third-order valence-electron chi connectivity index (χ3n) is 4.74. The Balaban J connectivity index is 2.02. The number of aliphatic hydroxyl groups excluding tert-OH is 1. The summed E-state index contributed by atoms with van der Waals surface area (Å²) in [5.74, 6) is -0.747. The topological polar surface area (TPSA) is 74.3 Å².